The van der Waals surface area contributed by atoms with Gasteiger partial charge in [0, 0.05) is 35.4 Å². The van der Waals surface area contributed by atoms with Gasteiger partial charge in [0.2, 0.25) is 0 Å². The summed E-state index contributed by atoms with van der Waals surface area (Å²) in [6, 6.07) is 6.04. The van der Waals surface area contributed by atoms with Crippen LogP contribution >= 0.6 is 35.0 Å². The SMILES string of the molecule is CC(C)SC1=C(NC(Cc2ccc(NC(=O)c3c(Cl)cncc3Cl)cc2)C(=O)O)C2(CCCCC2)C1=O. The highest BCUT2D eigenvalue weighted by atomic mass is 35.5. The summed E-state index contributed by atoms with van der Waals surface area (Å²) in [4.78, 5) is 42.5. The number of carboxylic acid groups (broad SMARTS) is 1. The number of hydrogen-bond donors (Lipinski definition) is 3. The molecule has 1 unspecified atom stereocenters. The molecule has 196 valence electrons. The lowest BCUT2D eigenvalue weighted by molar-refractivity contribution is -0.140. The third kappa shape index (κ3) is 5.81. The number of pyridine rings is 1. The number of allylic oxidation sites excluding steroid dienone is 2. The summed E-state index contributed by atoms with van der Waals surface area (Å²) in [5.74, 6) is -1.29. The second-order valence-electron chi connectivity index (χ2n) is 9.71. The van der Waals surface area contributed by atoms with Gasteiger partial charge in [-0.25, -0.2) is 4.79 Å². The highest BCUT2D eigenvalue weighted by molar-refractivity contribution is 8.04. The van der Waals surface area contributed by atoms with E-state index in [0.29, 0.717) is 10.6 Å². The number of nitrogens with zero attached hydrogens (tertiary/aromatic N) is 1. The van der Waals surface area contributed by atoms with E-state index in [9.17, 15) is 19.5 Å². The molecule has 0 radical (unpaired) electrons. The molecule has 0 bridgehead atoms. The van der Waals surface area contributed by atoms with E-state index in [4.69, 9.17) is 23.2 Å². The Morgan fingerprint density at radius 2 is 1.70 bits per heavy atom. The molecule has 2 aliphatic carbocycles. The lowest BCUT2D eigenvalue weighted by Gasteiger charge is -2.47. The molecule has 1 aromatic carbocycles. The van der Waals surface area contributed by atoms with Crippen LogP contribution in [0.5, 0.6) is 0 Å². The summed E-state index contributed by atoms with van der Waals surface area (Å²) in [6.45, 7) is 4.06. The second-order valence-corrected chi connectivity index (χ2v) is 12.1. The molecule has 1 heterocycles. The molecule has 7 nitrogen and oxygen atoms in total. The number of carbonyl (C=O) groups excluding carboxylic acids is 2. The molecule has 1 aromatic heterocycles. The molecule has 4 rings (SSSR count). The Bertz CT molecular complexity index is 1220. The molecule has 10 heteroatoms. The lowest BCUT2D eigenvalue weighted by Crippen LogP contribution is -2.54. The topological polar surface area (TPSA) is 108 Å². The average Bonchev–Trinajstić information content (AvgIpc) is 2.86. The standard InChI is InChI=1S/C27H29Cl2N3O4S/c1-15(2)37-22-23(27(24(22)33)10-4-3-5-11-27)32-20(26(35)36)12-16-6-8-17(9-7-16)31-25(34)21-18(28)13-30-14-19(21)29/h6-9,13-15,20,32H,3-5,10-12H2,1-2H3,(H,31,34)(H,35,36). The Hall–Kier alpha value is -2.55. The number of thioether (sulfide) groups is 1. The van der Waals surface area contributed by atoms with Crippen LogP contribution in [-0.2, 0) is 16.0 Å². The van der Waals surface area contributed by atoms with Crippen molar-refractivity contribution in [2.24, 2.45) is 5.41 Å². The number of Topliss-reactive ketones (excluding diaryl/α,β-unsaturated/α-hetero) is 1. The number of benzene rings is 1. The van der Waals surface area contributed by atoms with Gasteiger partial charge in [0.1, 0.15) is 6.04 Å². The fourth-order valence-electron chi connectivity index (χ4n) is 4.94. The second kappa shape index (κ2) is 11.5. The number of carbonyl (C=O) groups is 3. The molecular formula is C27H29Cl2N3O4S. The predicted molar refractivity (Wildman–Crippen MR) is 147 cm³/mol. The number of carboxylic acids is 1. The number of aliphatic carboxylic acids is 1. The van der Waals surface area contributed by atoms with E-state index >= 15 is 0 Å². The van der Waals surface area contributed by atoms with Crippen molar-refractivity contribution in [3.63, 3.8) is 0 Å². The Labute approximate surface area is 230 Å². The summed E-state index contributed by atoms with van der Waals surface area (Å²) in [6.07, 6.45) is 7.48. The zero-order valence-electron chi connectivity index (χ0n) is 20.6. The molecule has 0 saturated heterocycles. The van der Waals surface area contributed by atoms with E-state index in [1.807, 2.05) is 13.8 Å². The van der Waals surface area contributed by atoms with Crippen LogP contribution in [0.4, 0.5) is 5.69 Å². The van der Waals surface area contributed by atoms with Gasteiger partial charge in [-0.15, -0.1) is 11.8 Å². The van der Waals surface area contributed by atoms with Crippen molar-refractivity contribution in [3.05, 3.63) is 68.4 Å². The molecule has 2 aliphatic rings. The number of halogens is 2. The fourth-order valence-corrected chi connectivity index (χ4v) is 6.62. The maximum Gasteiger partial charge on any atom is 0.326 e. The molecule has 1 fully saturated rings. The van der Waals surface area contributed by atoms with Crippen molar-refractivity contribution in [2.45, 2.75) is 63.7 Å². The zero-order chi connectivity index (χ0) is 26.7. The third-order valence-electron chi connectivity index (χ3n) is 6.76. The van der Waals surface area contributed by atoms with Gasteiger partial charge in [0.05, 0.1) is 25.9 Å². The van der Waals surface area contributed by atoms with Gasteiger partial charge in [0.15, 0.2) is 5.78 Å². The number of anilines is 1. The van der Waals surface area contributed by atoms with Gasteiger partial charge >= 0.3 is 5.97 Å². The Kier molecular flexibility index (Phi) is 8.51. The molecule has 3 N–H and O–H groups in total. The van der Waals surface area contributed by atoms with Crippen molar-refractivity contribution in [1.29, 1.82) is 0 Å². The molecule has 0 aliphatic heterocycles. The quantitative estimate of drug-likeness (QED) is 0.338. The van der Waals surface area contributed by atoms with E-state index in [2.05, 4.69) is 15.6 Å². The number of aromatic nitrogens is 1. The first-order chi connectivity index (χ1) is 17.6. The van der Waals surface area contributed by atoms with Gasteiger partial charge in [0.25, 0.3) is 5.91 Å². The normalized spacial score (nSPS) is 17.5. The van der Waals surface area contributed by atoms with Crippen molar-refractivity contribution in [2.75, 3.05) is 5.32 Å². The van der Waals surface area contributed by atoms with Gasteiger partial charge < -0.3 is 15.7 Å². The number of nitrogens with one attached hydrogen (secondary N) is 2. The molecule has 1 saturated carbocycles. The van der Waals surface area contributed by atoms with Crippen LogP contribution in [0, 0.1) is 5.41 Å². The van der Waals surface area contributed by atoms with Crippen molar-refractivity contribution in [3.8, 4) is 0 Å². The molecule has 1 atom stereocenters. The van der Waals surface area contributed by atoms with Gasteiger partial charge in [-0.3, -0.25) is 14.6 Å². The van der Waals surface area contributed by atoms with Crippen LogP contribution in [0.25, 0.3) is 0 Å². The first-order valence-electron chi connectivity index (χ1n) is 12.3. The predicted octanol–water partition coefficient (Wildman–Crippen LogP) is 6.11. The highest BCUT2D eigenvalue weighted by Gasteiger charge is 2.54. The minimum atomic E-state index is -0.981. The number of amides is 1. The molecule has 37 heavy (non-hydrogen) atoms. The zero-order valence-corrected chi connectivity index (χ0v) is 23.0. The number of ketones is 1. The molecular weight excluding hydrogens is 533 g/mol. The monoisotopic (exact) mass is 561 g/mol. The summed E-state index contributed by atoms with van der Waals surface area (Å²) < 4.78 is 0. The highest BCUT2D eigenvalue weighted by Crippen LogP contribution is 2.55. The van der Waals surface area contributed by atoms with E-state index in [1.165, 1.54) is 24.2 Å². The minimum absolute atomic E-state index is 0.132. The number of rotatable bonds is 9. The van der Waals surface area contributed by atoms with Crippen molar-refractivity contribution < 1.29 is 19.5 Å². The largest absolute Gasteiger partial charge is 0.480 e. The van der Waals surface area contributed by atoms with Crippen LogP contribution in [0.1, 0.15) is 61.9 Å². The Morgan fingerprint density at radius 1 is 1.08 bits per heavy atom. The first kappa shape index (κ1) is 27.5. The van der Waals surface area contributed by atoms with Crippen molar-refractivity contribution >= 4 is 58.3 Å². The maximum absolute atomic E-state index is 13.1. The van der Waals surface area contributed by atoms with Crippen LogP contribution < -0.4 is 10.6 Å². The Morgan fingerprint density at radius 3 is 2.27 bits per heavy atom. The van der Waals surface area contributed by atoms with Crippen LogP contribution in [0.15, 0.2) is 47.3 Å². The fraction of sp³-hybridized carbons (Fsp3) is 0.407. The molecule has 2 aromatic rings. The van der Waals surface area contributed by atoms with Crippen molar-refractivity contribution in [1.82, 2.24) is 10.3 Å². The lowest BCUT2D eigenvalue weighted by atomic mass is 9.62. The summed E-state index contributed by atoms with van der Waals surface area (Å²) in [7, 11) is 0. The average molecular weight is 563 g/mol. The van der Waals surface area contributed by atoms with Crippen LogP contribution in [0.3, 0.4) is 0 Å². The first-order valence-corrected chi connectivity index (χ1v) is 13.9. The van der Waals surface area contributed by atoms with E-state index in [1.54, 1.807) is 24.3 Å². The van der Waals surface area contributed by atoms with E-state index in [-0.39, 0.29) is 33.1 Å². The van der Waals surface area contributed by atoms with Gasteiger partial charge in [-0.2, -0.15) is 0 Å². The Balaban J connectivity index is 1.49. The summed E-state index contributed by atoms with van der Waals surface area (Å²) in [5.41, 5.74) is 1.67. The minimum Gasteiger partial charge on any atom is -0.480 e. The van der Waals surface area contributed by atoms with E-state index in [0.717, 1.165) is 43.4 Å². The van der Waals surface area contributed by atoms with Gasteiger partial charge in [-0.05, 0) is 30.5 Å². The van der Waals surface area contributed by atoms with Crippen LogP contribution in [-0.4, -0.2) is 39.0 Å². The molecule has 1 spiro atoms. The van der Waals surface area contributed by atoms with E-state index < -0.39 is 23.3 Å². The third-order valence-corrected chi connectivity index (χ3v) is 8.43. The smallest absolute Gasteiger partial charge is 0.326 e. The summed E-state index contributed by atoms with van der Waals surface area (Å²) >= 11 is 13.6. The number of hydrogen-bond acceptors (Lipinski definition) is 6. The summed E-state index contributed by atoms with van der Waals surface area (Å²) in [5, 5.41) is 16.5. The molecule has 1 amide bonds. The maximum atomic E-state index is 13.1. The van der Waals surface area contributed by atoms with Gasteiger partial charge in [-0.1, -0.05) is 68.4 Å². The van der Waals surface area contributed by atoms with Crippen LogP contribution in [0.2, 0.25) is 10.0 Å².